The quantitative estimate of drug-likeness (QED) is 0.303. The number of thioether (sulfide) groups is 1. The number of para-hydroxylation sites is 1. The molecule has 0 radical (unpaired) electrons. The van der Waals surface area contributed by atoms with Gasteiger partial charge in [0.1, 0.15) is 5.76 Å². The van der Waals surface area contributed by atoms with Crippen LogP contribution in [0, 0.1) is 10.1 Å². The lowest BCUT2D eigenvalue weighted by Crippen LogP contribution is -2.27. The van der Waals surface area contributed by atoms with Crippen molar-refractivity contribution in [1.82, 2.24) is 4.90 Å². The predicted molar refractivity (Wildman–Crippen MR) is 104 cm³/mol. The van der Waals surface area contributed by atoms with E-state index in [4.69, 9.17) is 4.42 Å². The maximum atomic E-state index is 12.5. The molecule has 0 N–H and O–H groups in total. The van der Waals surface area contributed by atoms with Crippen LogP contribution in [0.3, 0.4) is 0 Å². The number of rotatable bonds is 6. The van der Waals surface area contributed by atoms with Crippen LogP contribution in [-0.4, -0.2) is 34.0 Å². The highest BCUT2D eigenvalue weighted by Gasteiger charge is 2.35. The van der Waals surface area contributed by atoms with Gasteiger partial charge in [-0.1, -0.05) is 18.2 Å². The largest absolute Gasteiger partial charge is 0.463 e. The van der Waals surface area contributed by atoms with Gasteiger partial charge in [-0.25, -0.2) is 4.79 Å². The van der Waals surface area contributed by atoms with Gasteiger partial charge in [-0.2, -0.15) is 0 Å². The molecule has 1 aromatic heterocycles. The highest BCUT2D eigenvalue weighted by molar-refractivity contribution is 8.18. The molecular weight excluding hydrogens is 400 g/mol. The van der Waals surface area contributed by atoms with E-state index in [9.17, 15) is 24.5 Å². The zero-order valence-electron chi connectivity index (χ0n) is 15.1. The molecule has 2 heterocycles. The second-order valence-electron chi connectivity index (χ2n) is 5.72. The molecule has 2 aromatic rings. The normalized spacial score (nSPS) is 15.5. The molecule has 9 nitrogen and oxygen atoms in total. The number of benzene rings is 1. The fourth-order valence-corrected chi connectivity index (χ4v) is 3.30. The number of allylic oxidation sites excluding steroid dienone is 2. The van der Waals surface area contributed by atoms with Crippen molar-refractivity contribution in [3.63, 3.8) is 0 Å². The molecule has 3 rings (SSSR count). The number of carbonyl (C=O) groups excluding carboxylic acids is 3. The number of hydrogen-bond acceptors (Lipinski definition) is 8. The molecule has 0 aliphatic carbocycles. The number of amides is 2. The Balaban J connectivity index is 1.72. The Morgan fingerprint density at radius 1 is 1.28 bits per heavy atom. The van der Waals surface area contributed by atoms with E-state index in [0.29, 0.717) is 5.56 Å². The number of carbonyl (C=O) groups is 3. The summed E-state index contributed by atoms with van der Waals surface area (Å²) in [5, 5.41) is 10.5. The van der Waals surface area contributed by atoms with Crippen LogP contribution in [0.25, 0.3) is 6.08 Å². The second kappa shape index (κ2) is 8.57. The Morgan fingerprint density at radius 3 is 2.76 bits per heavy atom. The zero-order valence-corrected chi connectivity index (χ0v) is 15.9. The van der Waals surface area contributed by atoms with E-state index in [0.717, 1.165) is 16.7 Å². The van der Waals surface area contributed by atoms with E-state index in [-0.39, 0.29) is 28.7 Å². The lowest BCUT2D eigenvalue weighted by atomic mass is 10.1. The Kier molecular flexibility index (Phi) is 5.93. The van der Waals surface area contributed by atoms with Gasteiger partial charge in [0.2, 0.25) is 5.76 Å². The van der Waals surface area contributed by atoms with Gasteiger partial charge in [0.05, 0.1) is 29.0 Å². The average Bonchev–Trinajstić information content (AvgIpc) is 3.28. The van der Waals surface area contributed by atoms with E-state index in [1.54, 1.807) is 18.2 Å². The van der Waals surface area contributed by atoms with Crippen molar-refractivity contribution in [2.75, 3.05) is 7.11 Å². The third-order valence-corrected chi connectivity index (χ3v) is 4.82. The van der Waals surface area contributed by atoms with Crippen molar-refractivity contribution < 1.29 is 28.5 Å². The smallest absolute Gasteiger partial charge is 0.373 e. The molecule has 0 saturated carbocycles. The lowest BCUT2D eigenvalue weighted by molar-refractivity contribution is -0.385. The zero-order chi connectivity index (χ0) is 21.0. The number of nitro benzene ring substituents is 1. The van der Waals surface area contributed by atoms with Gasteiger partial charge in [0.25, 0.3) is 16.8 Å². The van der Waals surface area contributed by atoms with E-state index < -0.39 is 22.0 Å². The van der Waals surface area contributed by atoms with Gasteiger partial charge in [-0.3, -0.25) is 24.6 Å². The van der Waals surface area contributed by atoms with E-state index in [1.807, 2.05) is 0 Å². The van der Waals surface area contributed by atoms with Gasteiger partial charge in [-0.15, -0.1) is 0 Å². The van der Waals surface area contributed by atoms with Gasteiger partial charge in [0, 0.05) is 6.07 Å². The molecule has 148 valence electrons. The minimum absolute atomic E-state index is 0.0302. The molecule has 0 atom stereocenters. The summed E-state index contributed by atoms with van der Waals surface area (Å²) in [6, 6.07) is 9.04. The molecule has 1 saturated heterocycles. The van der Waals surface area contributed by atoms with Crippen molar-refractivity contribution in [3.05, 3.63) is 80.7 Å². The van der Waals surface area contributed by atoms with Crippen LogP contribution in [0.1, 0.15) is 21.9 Å². The van der Waals surface area contributed by atoms with Crippen LogP contribution in [0.15, 0.2) is 57.9 Å². The molecule has 10 heteroatoms. The standard InChI is InChI=1S/C19H14N2O7S/c1-27-18(23)15-10-9-13(28-15)11-20-17(22)16(29-19(20)24)8-4-6-12-5-2-3-7-14(12)21(25)26/h2-10H,11H2,1H3/b6-4+,16-8+. The summed E-state index contributed by atoms with van der Waals surface area (Å²) in [6.45, 7) is -0.132. The summed E-state index contributed by atoms with van der Waals surface area (Å²) < 4.78 is 9.82. The van der Waals surface area contributed by atoms with Crippen LogP contribution in [0.5, 0.6) is 0 Å². The predicted octanol–water partition coefficient (Wildman–Crippen LogP) is 3.77. The van der Waals surface area contributed by atoms with Crippen molar-refractivity contribution in [1.29, 1.82) is 0 Å². The number of imide groups is 1. The van der Waals surface area contributed by atoms with Gasteiger partial charge < -0.3 is 9.15 Å². The molecule has 1 aliphatic heterocycles. The van der Waals surface area contributed by atoms with Crippen LogP contribution in [0.4, 0.5) is 10.5 Å². The molecule has 1 aliphatic rings. The third-order valence-electron chi connectivity index (χ3n) is 3.89. The third kappa shape index (κ3) is 4.43. The summed E-state index contributed by atoms with van der Waals surface area (Å²) in [4.78, 5) is 47.7. The van der Waals surface area contributed by atoms with E-state index >= 15 is 0 Å². The first-order valence-electron chi connectivity index (χ1n) is 8.23. The Morgan fingerprint density at radius 2 is 2.03 bits per heavy atom. The summed E-state index contributed by atoms with van der Waals surface area (Å²) >= 11 is 0.744. The van der Waals surface area contributed by atoms with Crippen LogP contribution in [0.2, 0.25) is 0 Å². The first-order chi connectivity index (χ1) is 13.9. The lowest BCUT2D eigenvalue weighted by Gasteiger charge is -2.09. The molecule has 0 bridgehead atoms. The second-order valence-corrected chi connectivity index (χ2v) is 6.72. The first-order valence-corrected chi connectivity index (χ1v) is 9.05. The molecule has 1 fully saturated rings. The van der Waals surface area contributed by atoms with Crippen molar-refractivity contribution in [2.45, 2.75) is 6.54 Å². The average molecular weight is 414 g/mol. The Hall–Kier alpha value is -3.66. The Labute approximate surface area is 168 Å². The van der Waals surface area contributed by atoms with Crippen molar-refractivity contribution >= 4 is 40.6 Å². The van der Waals surface area contributed by atoms with Gasteiger partial charge in [-0.05, 0) is 42.1 Å². The van der Waals surface area contributed by atoms with E-state index in [1.165, 1.54) is 43.5 Å². The summed E-state index contributed by atoms with van der Waals surface area (Å²) in [7, 11) is 1.21. The fourth-order valence-electron chi connectivity index (χ4n) is 2.51. The monoisotopic (exact) mass is 414 g/mol. The van der Waals surface area contributed by atoms with E-state index in [2.05, 4.69) is 4.74 Å². The molecule has 2 amide bonds. The van der Waals surface area contributed by atoms with Crippen LogP contribution in [-0.2, 0) is 16.1 Å². The Bertz CT molecular complexity index is 1050. The summed E-state index contributed by atoms with van der Waals surface area (Å²) in [5.74, 6) is -0.963. The molecule has 1 aromatic carbocycles. The number of hydrogen-bond donors (Lipinski definition) is 0. The van der Waals surface area contributed by atoms with Gasteiger partial charge >= 0.3 is 5.97 Å². The van der Waals surface area contributed by atoms with Crippen LogP contribution < -0.4 is 0 Å². The number of esters is 1. The maximum absolute atomic E-state index is 12.5. The van der Waals surface area contributed by atoms with Crippen LogP contribution >= 0.6 is 11.8 Å². The number of nitrogens with zero attached hydrogens (tertiary/aromatic N) is 2. The van der Waals surface area contributed by atoms with Gasteiger partial charge in [0.15, 0.2) is 0 Å². The number of ether oxygens (including phenoxy) is 1. The summed E-state index contributed by atoms with van der Waals surface area (Å²) in [5.41, 5.74) is 0.309. The highest BCUT2D eigenvalue weighted by atomic mass is 32.2. The SMILES string of the molecule is COC(=O)c1ccc(CN2C(=O)S/C(=C/C=C/c3ccccc3[N+](=O)[O-])C2=O)o1. The summed E-state index contributed by atoms with van der Waals surface area (Å²) in [6.07, 6.45) is 4.38. The first kappa shape index (κ1) is 20.1. The molecular formula is C19H14N2O7S. The molecule has 0 unspecified atom stereocenters. The van der Waals surface area contributed by atoms with Crippen molar-refractivity contribution in [2.24, 2.45) is 0 Å². The van der Waals surface area contributed by atoms with Crippen molar-refractivity contribution in [3.8, 4) is 0 Å². The highest BCUT2D eigenvalue weighted by Crippen LogP contribution is 2.32. The minimum atomic E-state index is -0.662. The minimum Gasteiger partial charge on any atom is -0.463 e. The topological polar surface area (TPSA) is 120 Å². The number of nitro groups is 1. The molecule has 0 spiro atoms. The number of methoxy groups -OCH3 is 1. The fraction of sp³-hybridized carbons (Fsp3) is 0.105. The maximum Gasteiger partial charge on any atom is 0.373 e. The molecule has 29 heavy (non-hydrogen) atoms. The number of furan rings is 1.